The van der Waals surface area contributed by atoms with Gasteiger partial charge < -0.3 is 8.83 Å². The minimum Gasteiger partial charge on any atom is -0.455 e. The number of rotatable bonds is 5. The molecule has 25 heavy (non-hydrogen) atoms. The van der Waals surface area contributed by atoms with E-state index in [-0.39, 0.29) is 23.3 Å². The van der Waals surface area contributed by atoms with Crippen molar-refractivity contribution in [3.05, 3.63) is 59.6 Å². The predicted octanol–water partition coefficient (Wildman–Crippen LogP) is 4.51. The van der Waals surface area contributed by atoms with Gasteiger partial charge in [0, 0.05) is 11.5 Å². The summed E-state index contributed by atoms with van der Waals surface area (Å²) in [6.45, 7) is 3.83. The van der Waals surface area contributed by atoms with Crippen LogP contribution in [0.25, 0.3) is 11.3 Å². The van der Waals surface area contributed by atoms with Gasteiger partial charge in [0.2, 0.25) is 11.6 Å². The number of hydrogen-bond acceptors (Lipinski definition) is 6. The number of hydrazone groups is 1. The summed E-state index contributed by atoms with van der Waals surface area (Å²) in [6.07, 6.45) is 1.45. The minimum atomic E-state index is -0.303. The minimum absolute atomic E-state index is 0.0648. The number of anilines is 1. The Balaban J connectivity index is 1.71. The van der Waals surface area contributed by atoms with Crippen molar-refractivity contribution in [3.63, 3.8) is 0 Å². The number of oxazole rings is 1. The molecule has 0 aliphatic carbocycles. The summed E-state index contributed by atoms with van der Waals surface area (Å²) in [4.78, 5) is 4.09. The van der Waals surface area contributed by atoms with E-state index in [1.165, 1.54) is 18.3 Å². The second kappa shape index (κ2) is 7.01. The molecule has 0 radical (unpaired) electrons. The zero-order chi connectivity index (χ0) is 17.8. The zero-order valence-corrected chi connectivity index (χ0v) is 13.7. The molecule has 2 aromatic heterocycles. The van der Waals surface area contributed by atoms with Gasteiger partial charge in [-0.15, -0.1) is 0 Å². The molecule has 3 aromatic rings. The van der Waals surface area contributed by atoms with Crippen molar-refractivity contribution < 1.29 is 13.2 Å². The molecule has 0 spiro atoms. The molecule has 7 heteroatoms. The maximum Gasteiger partial charge on any atom is 0.252 e. The van der Waals surface area contributed by atoms with Crippen LogP contribution < -0.4 is 5.43 Å². The van der Waals surface area contributed by atoms with Gasteiger partial charge in [-0.25, -0.2) is 14.8 Å². The highest BCUT2D eigenvalue weighted by Crippen LogP contribution is 2.23. The molecule has 0 saturated carbocycles. The summed E-state index contributed by atoms with van der Waals surface area (Å²) in [6, 6.07) is 11.5. The predicted molar refractivity (Wildman–Crippen MR) is 90.6 cm³/mol. The van der Waals surface area contributed by atoms with Crippen molar-refractivity contribution in [3.8, 4) is 17.4 Å². The molecular formula is C18H15FN4O2. The van der Waals surface area contributed by atoms with Gasteiger partial charge in [-0.3, -0.25) is 0 Å². The van der Waals surface area contributed by atoms with Crippen LogP contribution in [0.5, 0.6) is 0 Å². The molecule has 0 saturated heterocycles. The van der Waals surface area contributed by atoms with Crippen LogP contribution in [0.4, 0.5) is 10.3 Å². The molecule has 1 aromatic carbocycles. The Bertz CT molecular complexity index is 933. The lowest BCUT2D eigenvalue weighted by Gasteiger charge is -1.97. The SMILES string of the molecule is CC(C)c1nc(C#N)c(NN=Cc2ccc(-c3ccc(F)cc3)o2)o1. The van der Waals surface area contributed by atoms with E-state index in [0.717, 1.165) is 5.56 Å². The third-order valence-corrected chi connectivity index (χ3v) is 3.36. The van der Waals surface area contributed by atoms with E-state index in [1.807, 2.05) is 19.9 Å². The fourth-order valence-corrected chi connectivity index (χ4v) is 2.08. The largest absolute Gasteiger partial charge is 0.455 e. The Labute approximate surface area is 143 Å². The first kappa shape index (κ1) is 16.5. The lowest BCUT2D eigenvalue weighted by molar-refractivity contribution is 0.481. The molecule has 0 atom stereocenters. The van der Waals surface area contributed by atoms with E-state index < -0.39 is 0 Å². The number of aromatic nitrogens is 1. The standard InChI is InChI=1S/C18H15FN4O2/c1-11(2)17-22-15(9-20)18(25-17)23-21-10-14-7-8-16(24-14)12-3-5-13(19)6-4-12/h3-8,10-11,23H,1-2H3. The molecule has 3 rings (SSSR count). The van der Waals surface area contributed by atoms with Crippen LogP contribution in [0.15, 0.2) is 50.3 Å². The zero-order valence-electron chi connectivity index (χ0n) is 13.7. The van der Waals surface area contributed by atoms with Gasteiger partial charge in [0.05, 0.1) is 6.21 Å². The number of benzene rings is 1. The van der Waals surface area contributed by atoms with Gasteiger partial charge >= 0.3 is 0 Å². The van der Waals surface area contributed by atoms with E-state index >= 15 is 0 Å². The molecule has 0 aliphatic rings. The van der Waals surface area contributed by atoms with Crippen LogP contribution in [0.3, 0.4) is 0 Å². The van der Waals surface area contributed by atoms with E-state index in [0.29, 0.717) is 17.4 Å². The van der Waals surface area contributed by atoms with Gasteiger partial charge in [-0.1, -0.05) is 13.8 Å². The number of halogens is 1. The lowest BCUT2D eigenvalue weighted by Crippen LogP contribution is -1.90. The fourth-order valence-electron chi connectivity index (χ4n) is 2.08. The average Bonchev–Trinajstić information content (AvgIpc) is 3.23. The second-order valence-corrected chi connectivity index (χ2v) is 5.58. The first-order valence-electron chi connectivity index (χ1n) is 7.62. The van der Waals surface area contributed by atoms with Gasteiger partial charge in [0.1, 0.15) is 23.4 Å². The van der Waals surface area contributed by atoms with E-state index in [9.17, 15) is 4.39 Å². The Kier molecular flexibility index (Phi) is 4.61. The molecule has 0 amide bonds. The second-order valence-electron chi connectivity index (χ2n) is 5.58. The molecule has 0 unspecified atom stereocenters. The number of nitriles is 1. The summed E-state index contributed by atoms with van der Waals surface area (Å²) in [7, 11) is 0. The van der Waals surface area contributed by atoms with Crippen molar-refractivity contribution in [1.82, 2.24) is 4.98 Å². The maximum absolute atomic E-state index is 13.0. The summed E-state index contributed by atoms with van der Waals surface area (Å²) in [5, 5.41) is 13.1. The Morgan fingerprint density at radius 1 is 1.20 bits per heavy atom. The highest BCUT2D eigenvalue weighted by molar-refractivity contribution is 5.78. The third kappa shape index (κ3) is 3.75. The van der Waals surface area contributed by atoms with E-state index in [1.54, 1.807) is 24.3 Å². The molecule has 0 aliphatic heterocycles. The molecule has 2 heterocycles. The van der Waals surface area contributed by atoms with Gasteiger partial charge in [0.15, 0.2) is 0 Å². The summed E-state index contributed by atoms with van der Waals surface area (Å²) >= 11 is 0. The topological polar surface area (TPSA) is 87.4 Å². The number of nitrogens with one attached hydrogen (secondary N) is 1. The molecule has 1 N–H and O–H groups in total. The summed E-state index contributed by atoms with van der Waals surface area (Å²) < 4.78 is 24.0. The van der Waals surface area contributed by atoms with Crippen LogP contribution in [-0.2, 0) is 0 Å². The van der Waals surface area contributed by atoms with Crippen molar-refractivity contribution in [1.29, 1.82) is 5.26 Å². The first-order valence-corrected chi connectivity index (χ1v) is 7.62. The smallest absolute Gasteiger partial charge is 0.252 e. The molecule has 6 nitrogen and oxygen atoms in total. The van der Waals surface area contributed by atoms with Gasteiger partial charge in [-0.2, -0.15) is 10.4 Å². The quantitative estimate of drug-likeness (QED) is 0.546. The molecule has 126 valence electrons. The average molecular weight is 338 g/mol. The van der Waals surface area contributed by atoms with E-state index in [4.69, 9.17) is 14.1 Å². The van der Waals surface area contributed by atoms with Crippen LogP contribution >= 0.6 is 0 Å². The summed E-state index contributed by atoms with van der Waals surface area (Å²) in [5.74, 6) is 1.51. The first-order chi connectivity index (χ1) is 12.1. The Hall–Kier alpha value is -3.40. The lowest BCUT2D eigenvalue weighted by atomic mass is 10.2. The Morgan fingerprint density at radius 2 is 1.96 bits per heavy atom. The number of nitrogens with zero attached hydrogens (tertiary/aromatic N) is 3. The molecular weight excluding hydrogens is 323 g/mol. The highest BCUT2D eigenvalue weighted by atomic mass is 19.1. The molecule has 0 bridgehead atoms. The van der Waals surface area contributed by atoms with Crippen LogP contribution in [0.1, 0.15) is 37.1 Å². The van der Waals surface area contributed by atoms with Crippen molar-refractivity contribution in [2.45, 2.75) is 19.8 Å². The molecule has 0 fully saturated rings. The van der Waals surface area contributed by atoms with Gasteiger partial charge in [0.25, 0.3) is 5.88 Å². The van der Waals surface area contributed by atoms with Crippen LogP contribution in [0.2, 0.25) is 0 Å². The van der Waals surface area contributed by atoms with Crippen molar-refractivity contribution >= 4 is 12.1 Å². The third-order valence-electron chi connectivity index (χ3n) is 3.36. The van der Waals surface area contributed by atoms with Crippen LogP contribution in [0, 0.1) is 17.1 Å². The number of furan rings is 1. The van der Waals surface area contributed by atoms with Crippen molar-refractivity contribution in [2.24, 2.45) is 5.10 Å². The fraction of sp³-hybridized carbons (Fsp3) is 0.167. The summed E-state index contributed by atoms with van der Waals surface area (Å²) in [5.41, 5.74) is 3.56. The number of hydrogen-bond donors (Lipinski definition) is 1. The van der Waals surface area contributed by atoms with Crippen molar-refractivity contribution in [2.75, 3.05) is 5.43 Å². The van der Waals surface area contributed by atoms with E-state index in [2.05, 4.69) is 15.5 Å². The normalized spacial score (nSPS) is 11.2. The van der Waals surface area contributed by atoms with Crippen LogP contribution in [-0.4, -0.2) is 11.2 Å². The Morgan fingerprint density at radius 3 is 2.64 bits per heavy atom. The highest BCUT2D eigenvalue weighted by Gasteiger charge is 2.14. The maximum atomic E-state index is 13.0. The monoisotopic (exact) mass is 338 g/mol. The van der Waals surface area contributed by atoms with Gasteiger partial charge in [-0.05, 0) is 36.4 Å².